The first kappa shape index (κ1) is 20.3. The Morgan fingerprint density at radius 3 is 2.64 bits per heavy atom. The van der Waals surface area contributed by atoms with Gasteiger partial charge in [-0.1, -0.05) is 35.2 Å². The summed E-state index contributed by atoms with van der Waals surface area (Å²) in [5.74, 6) is -0.373. The average Bonchev–Trinajstić information content (AvgIpc) is 3.20. The molecule has 3 rings (SSSR count). The van der Waals surface area contributed by atoms with E-state index in [4.69, 9.17) is 0 Å². The minimum absolute atomic E-state index is 0.111. The summed E-state index contributed by atoms with van der Waals surface area (Å²) < 4.78 is 15.4. The number of rotatable bonds is 7. The van der Waals surface area contributed by atoms with E-state index in [1.807, 2.05) is 27.8 Å². The number of anilines is 2. The fraction of sp³-hybridized carbons (Fsp3) is 0.333. The number of aromatic nitrogens is 4. The van der Waals surface area contributed by atoms with E-state index in [1.165, 1.54) is 35.2 Å². The van der Waals surface area contributed by atoms with Gasteiger partial charge in [0, 0.05) is 13.6 Å². The van der Waals surface area contributed by atoms with E-state index in [0.29, 0.717) is 16.0 Å². The quantitative estimate of drug-likeness (QED) is 0.566. The fourth-order valence-electron chi connectivity index (χ4n) is 2.49. The van der Waals surface area contributed by atoms with Crippen LogP contribution >= 0.6 is 23.1 Å². The monoisotopic (exact) mass is 420 g/mol. The lowest BCUT2D eigenvalue weighted by Gasteiger charge is -2.10. The van der Waals surface area contributed by atoms with Crippen molar-refractivity contribution in [3.8, 4) is 0 Å². The minimum Gasteiger partial charge on any atom is -0.356 e. The van der Waals surface area contributed by atoms with Crippen LogP contribution in [-0.2, 0) is 18.4 Å². The Balaban J connectivity index is 1.55. The highest BCUT2D eigenvalue weighted by molar-refractivity contribution is 8.02. The standard InChI is InChI=1S/C18H21FN6OS2/c1-10-15(11(2)25(4)24-10)21-16(26)12(3)27-18-23-22-17(28-18)20-9-13-5-7-14(19)8-6-13/h5-8,12H,9H2,1-4H3,(H,20,22)(H,21,26)/t12-/m1/s1. The second-order valence-corrected chi connectivity index (χ2v) is 8.84. The molecular formula is C18H21FN6OS2. The Labute approximate surface area is 170 Å². The van der Waals surface area contributed by atoms with Gasteiger partial charge < -0.3 is 10.6 Å². The van der Waals surface area contributed by atoms with Gasteiger partial charge in [0.05, 0.1) is 22.3 Å². The first-order valence-electron chi connectivity index (χ1n) is 8.63. The molecule has 28 heavy (non-hydrogen) atoms. The van der Waals surface area contributed by atoms with Crippen LogP contribution in [0.2, 0.25) is 0 Å². The molecule has 148 valence electrons. The lowest BCUT2D eigenvalue weighted by atomic mass is 10.2. The summed E-state index contributed by atoms with van der Waals surface area (Å²) in [6.07, 6.45) is 0. The van der Waals surface area contributed by atoms with Crippen LogP contribution in [0.25, 0.3) is 0 Å². The van der Waals surface area contributed by atoms with Crippen molar-refractivity contribution in [1.82, 2.24) is 20.0 Å². The second-order valence-electron chi connectivity index (χ2n) is 6.27. The molecule has 0 saturated carbocycles. The molecule has 1 amide bonds. The number of nitrogens with zero attached hydrogens (tertiary/aromatic N) is 4. The van der Waals surface area contributed by atoms with Crippen molar-refractivity contribution in [1.29, 1.82) is 0 Å². The molecule has 0 bridgehead atoms. The number of hydrogen-bond donors (Lipinski definition) is 2. The zero-order chi connectivity index (χ0) is 20.3. The van der Waals surface area contributed by atoms with Gasteiger partial charge in [0.25, 0.3) is 0 Å². The Morgan fingerprint density at radius 1 is 1.29 bits per heavy atom. The summed E-state index contributed by atoms with van der Waals surface area (Å²) in [4.78, 5) is 12.5. The molecule has 2 heterocycles. The zero-order valence-corrected chi connectivity index (χ0v) is 17.6. The smallest absolute Gasteiger partial charge is 0.237 e. The van der Waals surface area contributed by atoms with Crippen molar-refractivity contribution in [2.24, 2.45) is 7.05 Å². The molecule has 0 spiro atoms. The third kappa shape index (κ3) is 4.87. The summed E-state index contributed by atoms with van der Waals surface area (Å²) in [5.41, 5.74) is 3.39. The molecule has 0 unspecified atom stereocenters. The normalized spacial score (nSPS) is 12.0. The van der Waals surface area contributed by atoms with Crippen LogP contribution in [0.5, 0.6) is 0 Å². The SMILES string of the molecule is Cc1nn(C)c(C)c1NC(=O)[C@@H](C)Sc1nnc(NCc2ccc(F)cc2)s1. The number of benzene rings is 1. The molecular weight excluding hydrogens is 399 g/mol. The number of halogens is 1. The molecule has 0 fully saturated rings. The maximum atomic E-state index is 12.9. The number of nitrogens with one attached hydrogen (secondary N) is 2. The lowest BCUT2D eigenvalue weighted by molar-refractivity contribution is -0.115. The lowest BCUT2D eigenvalue weighted by Crippen LogP contribution is -2.23. The van der Waals surface area contributed by atoms with Crippen LogP contribution in [0, 0.1) is 19.7 Å². The topological polar surface area (TPSA) is 84.7 Å². The van der Waals surface area contributed by atoms with E-state index in [0.717, 1.165) is 22.6 Å². The Hall–Kier alpha value is -2.46. The average molecular weight is 421 g/mol. The number of carbonyl (C=O) groups excluding carboxylic acids is 1. The van der Waals surface area contributed by atoms with E-state index in [-0.39, 0.29) is 17.0 Å². The molecule has 0 aliphatic carbocycles. The van der Waals surface area contributed by atoms with Crippen LogP contribution in [-0.4, -0.2) is 31.1 Å². The predicted octanol–water partition coefficient (Wildman–Crippen LogP) is 3.76. The highest BCUT2D eigenvalue weighted by atomic mass is 32.2. The summed E-state index contributed by atoms with van der Waals surface area (Å²) in [6.45, 7) is 6.13. The Kier molecular flexibility index (Phi) is 6.30. The molecule has 2 aromatic heterocycles. The first-order chi connectivity index (χ1) is 13.3. The number of carbonyl (C=O) groups is 1. The molecule has 7 nitrogen and oxygen atoms in total. The maximum Gasteiger partial charge on any atom is 0.237 e. The molecule has 1 atom stereocenters. The molecule has 2 N–H and O–H groups in total. The van der Waals surface area contributed by atoms with E-state index < -0.39 is 0 Å². The van der Waals surface area contributed by atoms with Gasteiger partial charge in [0.2, 0.25) is 11.0 Å². The second kappa shape index (κ2) is 8.70. The number of aryl methyl sites for hydroxylation is 2. The summed E-state index contributed by atoms with van der Waals surface area (Å²) in [5, 5.41) is 18.9. The first-order valence-corrected chi connectivity index (χ1v) is 10.3. The van der Waals surface area contributed by atoms with Crippen molar-refractivity contribution in [3.63, 3.8) is 0 Å². The van der Waals surface area contributed by atoms with Gasteiger partial charge in [0.1, 0.15) is 5.82 Å². The van der Waals surface area contributed by atoms with Crippen molar-refractivity contribution in [2.45, 2.75) is 36.9 Å². The van der Waals surface area contributed by atoms with Crippen molar-refractivity contribution < 1.29 is 9.18 Å². The largest absolute Gasteiger partial charge is 0.356 e. The summed E-state index contributed by atoms with van der Waals surface area (Å²) >= 11 is 2.73. The van der Waals surface area contributed by atoms with Crippen molar-refractivity contribution >= 4 is 39.8 Å². The van der Waals surface area contributed by atoms with Crippen LogP contribution in [0.15, 0.2) is 28.6 Å². The summed E-state index contributed by atoms with van der Waals surface area (Å²) in [6, 6.07) is 6.27. The molecule has 0 aliphatic heterocycles. The van der Waals surface area contributed by atoms with E-state index in [2.05, 4.69) is 25.9 Å². The van der Waals surface area contributed by atoms with Crippen LogP contribution in [0.3, 0.4) is 0 Å². The fourth-order valence-corrected chi connectivity index (χ4v) is 4.38. The van der Waals surface area contributed by atoms with Crippen LogP contribution in [0.1, 0.15) is 23.9 Å². The number of amides is 1. The molecule has 0 radical (unpaired) electrons. The Morgan fingerprint density at radius 2 is 2.00 bits per heavy atom. The molecule has 0 aliphatic rings. The molecule has 1 aromatic carbocycles. The summed E-state index contributed by atoms with van der Waals surface area (Å²) in [7, 11) is 1.85. The van der Waals surface area contributed by atoms with Gasteiger partial charge in [-0.15, -0.1) is 10.2 Å². The van der Waals surface area contributed by atoms with Gasteiger partial charge in [-0.05, 0) is 38.5 Å². The third-order valence-corrected chi connectivity index (χ3v) is 6.23. The van der Waals surface area contributed by atoms with Crippen LogP contribution in [0.4, 0.5) is 15.2 Å². The van der Waals surface area contributed by atoms with Crippen LogP contribution < -0.4 is 10.6 Å². The Bertz CT molecular complexity index is 969. The maximum absolute atomic E-state index is 12.9. The highest BCUT2D eigenvalue weighted by Gasteiger charge is 2.20. The van der Waals surface area contributed by atoms with Gasteiger partial charge in [-0.3, -0.25) is 9.48 Å². The minimum atomic E-state index is -0.336. The third-order valence-electron chi connectivity index (χ3n) is 4.17. The molecule has 3 aromatic rings. The van der Waals surface area contributed by atoms with E-state index >= 15 is 0 Å². The predicted molar refractivity (Wildman–Crippen MR) is 110 cm³/mol. The highest BCUT2D eigenvalue weighted by Crippen LogP contribution is 2.30. The van der Waals surface area contributed by atoms with Gasteiger partial charge in [-0.2, -0.15) is 5.10 Å². The molecule has 10 heteroatoms. The number of thioether (sulfide) groups is 1. The van der Waals surface area contributed by atoms with E-state index in [1.54, 1.807) is 16.8 Å². The van der Waals surface area contributed by atoms with Crippen molar-refractivity contribution in [3.05, 3.63) is 47.0 Å². The van der Waals surface area contributed by atoms with Crippen molar-refractivity contribution in [2.75, 3.05) is 10.6 Å². The van der Waals surface area contributed by atoms with Gasteiger partial charge >= 0.3 is 0 Å². The van der Waals surface area contributed by atoms with Gasteiger partial charge in [-0.25, -0.2) is 4.39 Å². The van der Waals surface area contributed by atoms with E-state index in [9.17, 15) is 9.18 Å². The number of hydrogen-bond acceptors (Lipinski definition) is 7. The zero-order valence-electron chi connectivity index (χ0n) is 16.0. The molecule has 0 saturated heterocycles. The van der Waals surface area contributed by atoms with Gasteiger partial charge in [0.15, 0.2) is 4.34 Å².